The second-order valence-corrected chi connectivity index (χ2v) is 10.8. The van der Waals surface area contributed by atoms with Gasteiger partial charge in [-0.3, -0.25) is 14.5 Å². The maximum Gasteiger partial charge on any atom is 0.237 e. The molecule has 2 aliphatic rings. The van der Waals surface area contributed by atoms with Crippen molar-refractivity contribution in [3.63, 3.8) is 0 Å². The zero-order chi connectivity index (χ0) is 26.9. The topological polar surface area (TPSA) is 103 Å². The van der Waals surface area contributed by atoms with Crippen molar-refractivity contribution in [1.82, 2.24) is 14.7 Å². The number of carbonyl (C=O) groups is 2. The molecule has 0 radical (unpaired) electrons. The van der Waals surface area contributed by atoms with Gasteiger partial charge in [-0.15, -0.1) is 0 Å². The van der Waals surface area contributed by atoms with Gasteiger partial charge in [0.15, 0.2) is 0 Å². The van der Waals surface area contributed by atoms with Crippen molar-refractivity contribution in [2.24, 2.45) is 5.92 Å². The minimum Gasteiger partial charge on any atom is -0.388 e. The SMILES string of the molecule is CO[C@@H]1CN(C(C)=O)C[C@@H](CC(C)C)N(C(=O)CN2Cc3ccccc3C2)CCCCOC[C@@H](O)[C@H]1O. The first kappa shape index (κ1) is 29.5. The molecule has 0 saturated carbocycles. The van der Waals surface area contributed by atoms with E-state index in [0.29, 0.717) is 32.2 Å². The van der Waals surface area contributed by atoms with Gasteiger partial charge in [0.2, 0.25) is 11.8 Å². The van der Waals surface area contributed by atoms with Gasteiger partial charge in [-0.25, -0.2) is 0 Å². The number of rotatable bonds is 5. The van der Waals surface area contributed by atoms with Gasteiger partial charge in [-0.05, 0) is 36.3 Å². The molecule has 208 valence electrons. The average Bonchev–Trinajstić information content (AvgIpc) is 3.26. The van der Waals surface area contributed by atoms with E-state index in [9.17, 15) is 19.8 Å². The normalized spacial score (nSPS) is 26.7. The lowest BCUT2D eigenvalue weighted by atomic mass is 10.00. The minimum absolute atomic E-state index is 0.0186. The molecule has 1 aromatic carbocycles. The number of hydrogen-bond acceptors (Lipinski definition) is 7. The third kappa shape index (κ3) is 8.48. The van der Waals surface area contributed by atoms with E-state index >= 15 is 0 Å². The quantitative estimate of drug-likeness (QED) is 0.610. The number of fused-ring (bicyclic) bond motifs is 1. The highest BCUT2D eigenvalue weighted by Gasteiger charge is 2.33. The van der Waals surface area contributed by atoms with Crippen LogP contribution in [0.5, 0.6) is 0 Å². The van der Waals surface area contributed by atoms with E-state index < -0.39 is 18.3 Å². The first-order valence-corrected chi connectivity index (χ1v) is 13.5. The van der Waals surface area contributed by atoms with Gasteiger partial charge in [0, 0.05) is 59.4 Å². The van der Waals surface area contributed by atoms with Gasteiger partial charge < -0.3 is 29.5 Å². The predicted octanol–water partition coefficient (Wildman–Crippen LogP) is 1.64. The molecule has 0 spiro atoms. The van der Waals surface area contributed by atoms with E-state index in [1.54, 1.807) is 4.90 Å². The Morgan fingerprint density at radius 1 is 1.11 bits per heavy atom. The Bertz CT molecular complexity index is 856. The lowest BCUT2D eigenvalue weighted by Crippen LogP contribution is -2.54. The Balaban J connectivity index is 1.82. The number of methoxy groups -OCH3 is 1. The van der Waals surface area contributed by atoms with Crippen molar-refractivity contribution in [3.8, 4) is 0 Å². The molecule has 0 unspecified atom stereocenters. The molecular weight excluding hydrogens is 474 g/mol. The summed E-state index contributed by atoms with van der Waals surface area (Å²) in [5.74, 6) is 0.218. The fraction of sp³-hybridized carbons (Fsp3) is 0.714. The fourth-order valence-corrected chi connectivity index (χ4v) is 5.31. The molecule has 1 fully saturated rings. The van der Waals surface area contributed by atoms with Gasteiger partial charge in [0.25, 0.3) is 0 Å². The van der Waals surface area contributed by atoms with Gasteiger partial charge in [-0.2, -0.15) is 0 Å². The van der Waals surface area contributed by atoms with Crippen LogP contribution in [0, 0.1) is 5.92 Å². The molecule has 37 heavy (non-hydrogen) atoms. The smallest absolute Gasteiger partial charge is 0.237 e. The van der Waals surface area contributed by atoms with E-state index in [-0.39, 0.29) is 31.0 Å². The Morgan fingerprint density at radius 2 is 1.78 bits per heavy atom. The second-order valence-electron chi connectivity index (χ2n) is 10.8. The lowest BCUT2D eigenvalue weighted by Gasteiger charge is -2.39. The summed E-state index contributed by atoms with van der Waals surface area (Å²) in [6, 6.07) is 8.12. The Morgan fingerprint density at radius 3 is 2.38 bits per heavy atom. The number of aliphatic hydroxyl groups is 2. The summed E-state index contributed by atoms with van der Waals surface area (Å²) >= 11 is 0. The monoisotopic (exact) mass is 519 g/mol. The Labute approximate surface area is 221 Å². The van der Waals surface area contributed by atoms with Crippen LogP contribution >= 0.6 is 0 Å². The maximum absolute atomic E-state index is 13.8. The van der Waals surface area contributed by atoms with Crippen LogP contribution in [0.15, 0.2) is 24.3 Å². The molecular formula is C28H45N3O6. The summed E-state index contributed by atoms with van der Waals surface area (Å²) < 4.78 is 11.1. The summed E-state index contributed by atoms with van der Waals surface area (Å²) in [5.41, 5.74) is 2.53. The van der Waals surface area contributed by atoms with Crippen LogP contribution in [0.2, 0.25) is 0 Å². The average molecular weight is 520 g/mol. The number of ether oxygens (including phenoxy) is 2. The summed E-state index contributed by atoms with van der Waals surface area (Å²) in [4.78, 5) is 32.2. The number of benzene rings is 1. The van der Waals surface area contributed by atoms with E-state index in [4.69, 9.17) is 9.47 Å². The number of amides is 2. The lowest BCUT2D eigenvalue weighted by molar-refractivity contribution is -0.143. The Hall–Kier alpha value is -2.04. The van der Waals surface area contributed by atoms with Crippen molar-refractivity contribution >= 4 is 11.8 Å². The zero-order valence-electron chi connectivity index (χ0n) is 22.8. The first-order chi connectivity index (χ1) is 17.7. The van der Waals surface area contributed by atoms with Crippen molar-refractivity contribution in [1.29, 1.82) is 0 Å². The fourth-order valence-electron chi connectivity index (χ4n) is 5.31. The zero-order valence-corrected chi connectivity index (χ0v) is 22.8. The minimum atomic E-state index is -1.20. The molecule has 0 aromatic heterocycles. The summed E-state index contributed by atoms with van der Waals surface area (Å²) in [6.45, 7) is 9.01. The van der Waals surface area contributed by atoms with Crippen LogP contribution in [0.3, 0.4) is 0 Å². The molecule has 2 aliphatic heterocycles. The third-order valence-electron chi connectivity index (χ3n) is 7.35. The number of carbonyl (C=O) groups excluding carboxylic acids is 2. The highest BCUT2D eigenvalue weighted by Crippen LogP contribution is 2.23. The molecule has 0 bridgehead atoms. The molecule has 2 N–H and O–H groups in total. The van der Waals surface area contributed by atoms with Gasteiger partial charge in [0.05, 0.1) is 13.2 Å². The van der Waals surface area contributed by atoms with Crippen molar-refractivity contribution < 1.29 is 29.3 Å². The summed E-state index contributed by atoms with van der Waals surface area (Å²) in [5, 5.41) is 21.1. The predicted molar refractivity (Wildman–Crippen MR) is 141 cm³/mol. The molecule has 4 atom stereocenters. The van der Waals surface area contributed by atoms with Crippen LogP contribution in [-0.4, -0.2) is 108 Å². The molecule has 0 aliphatic carbocycles. The molecule has 1 saturated heterocycles. The summed E-state index contributed by atoms with van der Waals surface area (Å²) in [6.07, 6.45) is -0.879. The first-order valence-electron chi connectivity index (χ1n) is 13.5. The summed E-state index contributed by atoms with van der Waals surface area (Å²) in [7, 11) is 1.46. The molecule has 9 nitrogen and oxygen atoms in total. The van der Waals surface area contributed by atoms with Crippen LogP contribution < -0.4 is 0 Å². The van der Waals surface area contributed by atoms with Crippen LogP contribution in [-0.2, 0) is 32.2 Å². The number of aliphatic hydroxyl groups excluding tert-OH is 2. The largest absolute Gasteiger partial charge is 0.388 e. The standard InChI is InChI=1S/C28H45N3O6/c1-20(2)13-24-16-30(21(3)32)17-26(36-4)28(35)25(33)19-37-12-8-7-11-31(24)27(34)18-29-14-22-9-5-6-10-23(22)15-29/h5-6,9-10,20,24-26,28,33,35H,7-8,11-19H2,1-4H3/t24-,25-,26-,28-/m1/s1. The van der Waals surface area contributed by atoms with Crippen molar-refractivity contribution in [2.75, 3.05) is 46.5 Å². The maximum atomic E-state index is 13.8. The van der Waals surface area contributed by atoms with E-state index in [2.05, 4.69) is 30.9 Å². The van der Waals surface area contributed by atoms with Crippen LogP contribution in [0.25, 0.3) is 0 Å². The molecule has 9 heteroatoms. The van der Waals surface area contributed by atoms with Crippen molar-refractivity contribution in [2.45, 2.75) is 77.5 Å². The second kappa shape index (κ2) is 14.2. The highest BCUT2D eigenvalue weighted by atomic mass is 16.5. The third-order valence-corrected chi connectivity index (χ3v) is 7.35. The van der Waals surface area contributed by atoms with Gasteiger partial charge >= 0.3 is 0 Å². The molecule has 2 amide bonds. The van der Waals surface area contributed by atoms with Gasteiger partial charge in [-0.1, -0.05) is 38.1 Å². The van der Waals surface area contributed by atoms with E-state index in [1.165, 1.54) is 25.2 Å². The number of hydrogen-bond donors (Lipinski definition) is 2. The molecule has 3 rings (SSSR count). The van der Waals surface area contributed by atoms with Crippen LogP contribution in [0.4, 0.5) is 0 Å². The van der Waals surface area contributed by atoms with E-state index in [0.717, 1.165) is 32.4 Å². The Kier molecular flexibility index (Phi) is 11.3. The number of nitrogens with zero attached hydrogens (tertiary/aromatic N) is 3. The van der Waals surface area contributed by atoms with Gasteiger partial charge in [0.1, 0.15) is 18.3 Å². The molecule has 2 heterocycles. The van der Waals surface area contributed by atoms with Crippen molar-refractivity contribution in [3.05, 3.63) is 35.4 Å². The highest BCUT2D eigenvalue weighted by molar-refractivity contribution is 5.79. The van der Waals surface area contributed by atoms with Crippen LogP contribution in [0.1, 0.15) is 51.2 Å². The molecule has 1 aromatic rings. The van der Waals surface area contributed by atoms with E-state index in [1.807, 2.05) is 17.0 Å².